The minimum Gasteiger partial charge on any atom is -0.465 e. The third kappa shape index (κ3) is 4.16. The second-order valence-electron chi connectivity index (χ2n) is 7.00. The van der Waals surface area contributed by atoms with Gasteiger partial charge in [-0.1, -0.05) is 36.0 Å². The van der Waals surface area contributed by atoms with E-state index in [9.17, 15) is 9.59 Å². The van der Waals surface area contributed by atoms with Crippen LogP contribution in [-0.4, -0.2) is 29.2 Å². The van der Waals surface area contributed by atoms with Gasteiger partial charge >= 0.3 is 5.97 Å². The number of para-hydroxylation sites is 1. The molecule has 5 nitrogen and oxygen atoms in total. The number of fused-ring (bicyclic) bond motifs is 2. The third-order valence-corrected chi connectivity index (χ3v) is 7.28. The van der Waals surface area contributed by atoms with Gasteiger partial charge in [0.2, 0.25) is 5.91 Å². The second-order valence-corrected chi connectivity index (χ2v) is 9.46. The zero-order valence-electron chi connectivity index (χ0n) is 16.4. The molecule has 1 N–H and O–H groups in total. The number of carbonyl (C=O) groups is 2. The zero-order chi connectivity index (χ0) is 20.4. The molecule has 3 aromatic rings. The molecule has 1 atom stereocenters. The fraction of sp³-hybridized carbons (Fsp3) is 0.318. The minimum atomic E-state index is -0.379. The monoisotopic (exact) mass is 426 g/mol. The Balaban J connectivity index is 1.52. The van der Waals surface area contributed by atoms with Crippen LogP contribution in [0.5, 0.6) is 0 Å². The fourth-order valence-corrected chi connectivity index (χ4v) is 5.64. The number of esters is 1. The van der Waals surface area contributed by atoms with E-state index in [-0.39, 0.29) is 17.1 Å². The standard InChI is InChI=1S/C22H22N2O3S2/c1-13(28-18-12-11-14-7-3-5-9-16(14)23-18)20(25)24-21-19(22(26)27-2)15-8-4-6-10-17(15)29-21/h3,5,7,9,11-13H,4,6,8,10H2,1-2H3,(H,24,25). The van der Waals surface area contributed by atoms with Gasteiger partial charge < -0.3 is 10.1 Å². The normalized spacial score (nSPS) is 14.3. The summed E-state index contributed by atoms with van der Waals surface area (Å²) in [6, 6.07) is 11.8. The molecular weight excluding hydrogens is 404 g/mol. The first kappa shape index (κ1) is 19.9. The van der Waals surface area contributed by atoms with E-state index in [1.807, 2.05) is 43.3 Å². The van der Waals surface area contributed by atoms with Gasteiger partial charge in [-0.25, -0.2) is 9.78 Å². The number of hydrogen-bond donors (Lipinski definition) is 1. The molecule has 0 radical (unpaired) electrons. The van der Waals surface area contributed by atoms with E-state index < -0.39 is 0 Å². The van der Waals surface area contributed by atoms with Crippen LogP contribution >= 0.6 is 23.1 Å². The molecule has 0 saturated carbocycles. The van der Waals surface area contributed by atoms with Crippen LogP contribution in [-0.2, 0) is 22.4 Å². The van der Waals surface area contributed by atoms with Crippen molar-refractivity contribution in [2.45, 2.75) is 42.9 Å². The first-order valence-corrected chi connectivity index (χ1v) is 11.3. The fourth-order valence-electron chi connectivity index (χ4n) is 3.53. The number of ether oxygens (including phenoxy) is 1. The van der Waals surface area contributed by atoms with Gasteiger partial charge in [0, 0.05) is 10.3 Å². The molecule has 7 heteroatoms. The van der Waals surface area contributed by atoms with Crippen molar-refractivity contribution in [3.8, 4) is 0 Å². The largest absolute Gasteiger partial charge is 0.465 e. The van der Waals surface area contributed by atoms with E-state index in [1.165, 1.54) is 35.1 Å². The van der Waals surface area contributed by atoms with Crippen molar-refractivity contribution in [3.63, 3.8) is 0 Å². The van der Waals surface area contributed by atoms with Crippen LogP contribution in [0.15, 0.2) is 41.4 Å². The first-order chi connectivity index (χ1) is 14.1. The number of aryl methyl sites for hydroxylation is 1. The highest BCUT2D eigenvalue weighted by atomic mass is 32.2. The molecule has 1 amide bonds. The number of anilines is 1. The van der Waals surface area contributed by atoms with Crippen LogP contribution in [0.25, 0.3) is 10.9 Å². The van der Waals surface area contributed by atoms with Crippen LogP contribution in [0.2, 0.25) is 0 Å². The summed E-state index contributed by atoms with van der Waals surface area (Å²) in [6.45, 7) is 1.85. The van der Waals surface area contributed by atoms with Gasteiger partial charge in [0.15, 0.2) is 0 Å². The van der Waals surface area contributed by atoms with Gasteiger partial charge in [-0.3, -0.25) is 4.79 Å². The Labute approximate surface area is 177 Å². The first-order valence-electron chi connectivity index (χ1n) is 9.63. The molecular formula is C22H22N2O3S2. The van der Waals surface area contributed by atoms with Gasteiger partial charge in [-0.05, 0) is 50.3 Å². The molecule has 1 aliphatic rings. The summed E-state index contributed by atoms with van der Waals surface area (Å²) in [5, 5.41) is 5.09. The quantitative estimate of drug-likeness (QED) is 0.455. The second kappa shape index (κ2) is 8.55. The highest BCUT2D eigenvalue weighted by Gasteiger charge is 2.28. The van der Waals surface area contributed by atoms with Crippen molar-refractivity contribution >= 4 is 50.9 Å². The van der Waals surface area contributed by atoms with Crippen LogP contribution in [0.1, 0.15) is 40.6 Å². The maximum absolute atomic E-state index is 12.9. The predicted molar refractivity (Wildman–Crippen MR) is 118 cm³/mol. The number of carbonyl (C=O) groups excluding carboxylic acids is 2. The lowest BCUT2D eigenvalue weighted by atomic mass is 9.95. The van der Waals surface area contributed by atoms with E-state index in [0.29, 0.717) is 10.6 Å². The van der Waals surface area contributed by atoms with Crippen molar-refractivity contribution in [2.24, 2.45) is 0 Å². The van der Waals surface area contributed by atoms with Crippen molar-refractivity contribution in [1.29, 1.82) is 0 Å². The topological polar surface area (TPSA) is 68.3 Å². The van der Waals surface area contributed by atoms with Gasteiger partial charge in [0.1, 0.15) is 5.00 Å². The highest BCUT2D eigenvalue weighted by Crippen LogP contribution is 2.39. The van der Waals surface area contributed by atoms with Crippen LogP contribution in [0, 0.1) is 0 Å². The molecule has 1 aliphatic carbocycles. The van der Waals surface area contributed by atoms with E-state index >= 15 is 0 Å². The summed E-state index contributed by atoms with van der Waals surface area (Å²) in [5.74, 6) is -0.523. The number of aromatic nitrogens is 1. The number of nitrogens with one attached hydrogen (secondary N) is 1. The number of thioether (sulfide) groups is 1. The van der Waals surface area contributed by atoms with E-state index in [0.717, 1.165) is 47.2 Å². The lowest BCUT2D eigenvalue weighted by Crippen LogP contribution is -2.23. The maximum atomic E-state index is 12.9. The molecule has 0 saturated heterocycles. The smallest absolute Gasteiger partial charge is 0.341 e. The van der Waals surface area contributed by atoms with Crippen LogP contribution in [0.4, 0.5) is 5.00 Å². The lowest BCUT2D eigenvalue weighted by molar-refractivity contribution is -0.115. The number of thiophene rings is 1. The van der Waals surface area contributed by atoms with E-state index in [1.54, 1.807) is 0 Å². The molecule has 150 valence electrons. The average Bonchev–Trinajstić information content (AvgIpc) is 3.10. The molecule has 1 unspecified atom stereocenters. The molecule has 0 aliphatic heterocycles. The Bertz CT molecular complexity index is 1080. The number of rotatable bonds is 5. The Kier molecular flexibility index (Phi) is 5.87. The Hall–Kier alpha value is -2.38. The number of benzene rings is 1. The molecule has 1 aromatic carbocycles. The maximum Gasteiger partial charge on any atom is 0.341 e. The third-order valence-electron chi connectivity index (χ3n) is 5.04. The summed E-state index contributed by atoms with van der Waals surface area (Å²) < 4.78 is 4.98. The van der Waals surface area contributed by atoms with E-state index in [4.69, 9.17) is 4.74 Å². The number of methoxy groups -OCH3 is 1. The summed E-state index contributed by atoms with van der Waals surface area (Å²) in [6.07, 6.45) is 3.98. The number of amides is 1. The SMILES string of the molecule is COC(=O)c1c(NC(=O)C(C)Sc2ccc3ccccc3n2)sc2c1CCCC2. The average molecular weight is 427 g/mol. The zero-order valence-corrected chi connectivity index (χ0v) is 18.0. The highest BCUT2D eigenvalue weighted by molar-refractivity contribution is 8.00. The van der Waals surface area contributed by atoms with Crippen LogP contribution < -0.4 is 5.32 Å². The van der Waals surface area contributed by atoms with Crippen molar-refractivity contribution in [3.05, 3.63) is 52.4 Å². The van der Waals surface area contributed by atoms with Gasteiger partial charge in [-0.2, -0.15) is 0 Å². The molecule has 0 fully saturated rings. The van der Waals surface area contributed by atoms with Gasteiger partial charge in [-0.15, -0.1) is 11.3 Å². The summed E-state index contributed by atoms with van der Waals surface area (Å²) in [4.78, 5) is 31.0. The number of nitrogens with zero attached hydrogens (tertiary/aromatic N) is 1. The molecule has 2 heterocycles. The van der Waals surface area contributed by atoms with Crippen molar-refractivity contribution in [2.75, 3.05) is 12.4 Å². The molecule has 2 aromatic heterocycles. The Morgan fingerprint density at radius 1 is 1.17 bits per heavy atom. The molecule has 0 spiro atoms. The molecule has 4 rings (SSSR count). The molecule has 29 heavy (non-hydrogen) atoms. The van der Waals surface area contributed by atoms with E-state index in [2.05, 4.69) is 10.3 Å². The van der Waals surface area contributed by atoms with Crippen molar-refractivity contribution in [1.82, 2.24) is 4.98 Å². The number of pyridine rings is 1. The Morgan fingerprint density at radius 3 is 2.79 bits per heavy atom. The van der Waals surface area contributed by atoms with Crippen molar-refractivity contribution < 1.29 is 14.3 Å². The summed E-state index contributed by atoms with van der Waals surface area (Å²) >= 11 is 2.91. The Morgan fingerprint density at radius 2 is 1.97 bits per heavy atom. The predicted octanol–water partition coefficient (Wildman–Crippen LogP) is 5.08. The summed E-state index contributed by atoms with van der Waals surface area (Å²) in [7, 11) is 1.38. The van der Waals surface area contributed by atoms with Crippen LogP contribution in [0.3, 0.4) is 0 Å². The molecule has 0 bridgehead atoms. The minimum absolute atomic E-state index is 0.145. The number of hydrogen-bond acceptors (Lipinski definition) is 6. The lowest BCUT2D eigenvalue weighted by Gasteiger charge is -2.13. The van der Waals surface area contributed by atoms with Gasteiger partial charge in [0.05, 0.1) is 28.5 Å². The van der Waals surface area contributed by atoms with Gasteiger partial charge in [0.25, 0.3) is 0 Å². The summed E-state index contributed by atoms with van der Waals surface area (Å²) in [5.41, 5.74) is 2.48.